The van der Waals surface area contributed by atoms with Crippen molar-refractivity contribution in [2.24, 2.45) is 11.8 Å². The van der Waals surface area contributed by atoms with Gasteiger partial charge in [0, 0.05) is 6.54 Å². The van der Waals surface area contributed by atoms with Crippen LogP contribution >= 0.6 is 0 Å². The molecule has 18 heavy (non-hydrogen) atoms. The lowest BCUT2D eigenvalue weighted by Gasteiger charge is -2.31. The Morgan fingerprint density at radius 3 is 2.50 bits per heavy atom. The van der Waals surface area contributed by atoms with Gasteiger partial charge < -0.3 is 15.1 Å². The van der Waals surface area contributed by atoms with Gasteiger partial charge in [0.25, 0.3) is 0 Å². The van der Waals surface area contributed by atoms with Gasteiger partial charge in [0.2, 0.25) is 5.91 Å². The maximum absolute atomic E-state index is 12.4. The zero-order valence-electron chi connectivity index (χ0n) is 10.3. The van der Waals surface area contributed by atoms with E-state index in [-0.39, 0.29) is 18.6 Å². The van der Waals surface area contributed by atoms with Crippen molar-refractivity contribution in [2.75, 3.05) is 13.2 Å². The van der Waals surface area contributed by atoms with Gasteiger partial charge in [0.1, 0.15) is 0 Å². The van der Waals surface area contributed by atoms with Crippen molar-refractivity contribution in [3.05, 3.63) is 12.2 Å². The van der Waals surface area contributed by atoms with Crippen molar-refractivity contribution in [3.8, 4) is 0 Å². The van der Waals surface area contributed by atoms with Crippen LogP contribution in [-0.4, -0.2) is 46.2 Å². The van der Waals surface area contributed by atoms with Crippen molar-refractivity contribution in [1.29, 1.82) is 0 Å². The van der Waals surface area contributed by atoms with Crippen molar-refractivity contribution in [3.63, 3.8) is 0 Å². The van der Waals surface area contributed by atoms with E-state index in [1.165, 1.54) is 0 Å². The van der Waals surface area contributed by atoms with Crippen LogP contribution in [-0.2, 0) is 9.59 Å². The number of carboxylic acid groups (broad SMARTS) is 1. The first-order valence-electron chi connectivity index (χ1n) is 6.44. The van der Waals surface area contributed by atoms with Crippen LogP contribution < -0.4 is 0 Å². The molecule has 2 N–H and O–H groups in total. The molecule has 0 radical (unpaired) electrons. The summed E-state index contributed by atoms with van der Waals surface area (Å²) in [5.74, 6) is -2.11. The van der Waals surface area contributed by atoms with E-state index in [1.54, 1.807) is 4.90 Å². The molecule has 1 amide bonds. The van der Waals surface area contributed by atoms with E-state index in [1.807, 2.05) is 12.2 Å². The molecule has 1 fully saturated rings. The van der Waals surface area contributed by atoms with E-state index in [4.69, 9.17) is 5.11 Å². The summed E-state index contributed by atoms with van der Waals surface area (Å²) in [6.07, 6.45) is 6.32. The Kier molecular flexibility index (Phi) is 4.01. The number of hydrogen-bond donors (Lipinski definition) is 2. The molecule has 2 rings (SSSR count). The number of rotatable bonds is 3. The minimum Gasteiger partial charge on any atom is -0.481 e. The van der Waals surface area contributed by atoms with Crippen LogP contribution in [0.3, 0.4) is 0 Å². The number of carboxylic acids is 1. The highest BCUT2D eigenvalue weighted by Crippen LogP contribution is 2.30. The van der Waals surface area contributed by atoms with Gasteiger partial charge >= 0.3 is 5.97 Å². The summed E-state index contributed by atoms with van der Waals surface area (Å²) in [6.45, 7) is 0.600. The van der Waals surface area contributed by atoms with Crippen molar-refractivity contribution < 1.29 is 19.8 Å². The maximum atomic E-state index is 12.4. The van der Waals surface area contributed by atoms with Gasteiger partial charge in [-0.2, -0.15) is 0 Å². The largest absolute Gasteiger partial charge is 0.481 e. The van der Waals surface area contributed by atoms with E-state index < -0.39 is 17.8 Å². The molecule has 0 spiro atoms. The second kappa shape index (κ2) is 5.52. The van der Waals surface area contributed by atoms with E-state index in [0.717, 1.165) is 12.8 Å². The van der Waals surface area contributed by atoms with Gasteiger partial charge in [-0.3, -0.25) is 9.59 Å². The van der Waals surface area contributed by atoms with E-state index >= 15 is 0 Å². The first kappa shape index (κ1) is 13.1. The molecule has 100 valence electrons. The molecular formula is C13H19NO4. The Labute approximate surface area is 106 Å². The van der Waals surface area contributed by atoms with E-state index in [9.17, 15) is 14.7 Å². The minimum absolute atomic E-state index is 0.0357. The third-order valence-electron chi connectivity index (χ3n) is 3.94. The van der Waals surface area contributed by atoms with Crippen LogP contribution in [0.4, 0.5) is 0 Å². The monoisotopic (exact) mass is 253 g/mol. The highest BCUT2D eigenvalue weighted by atomic mass is 16.4. The predicted molar refractivity (Wildman–Crippen MR) is 64.8 cm³/mol. The molecule has 1 aliphatic carbocycles. The number of likely N-dealkylation sites (tertiary alicyclic amines) is 1. The second-order valence-electron chi connectivity index (χ2n) is 5.00. The maximum Gasteiger partial charge on any atom is 0.307 e. The zero-order valence-corrected chi connectivity index (χ0v) is 10.3. The molecule has 3 atom stereocenters. The van der Waals surface area contributed by atoms with Crippen molar-refractivity contribution in [1.82, 2.24) is 4.90 Å². The average molecular weight is 253 g/mol. The summed E-state index contributed by atoms with van der Waals surface area (Å²) in [5, 5.41) is 18.4. The number of aliphatic hydroxyl groups is 1. The summed E-state index contributed by atoms with van der Waals surface area (Å²) < 4.78 is 0. The van der Waals surface area contributed by atoms with Gasteiger partial charge in [-0.05, 0) is 25.7 Å². The second-order valence-corrected chi connectivity index (χ2v) is 5.00. The summed E-state index contributed by atoms with van der Waals surface area (Å²) in [7, 11) is 0. The molecule has 1 heterocycles. The van der Waals surface area contributed by atoms with Crippen LogP contribution in [0.1, 0.15) is 25.7 Å². The molecule has 0 aromatic heterocycles. The average Bonchev–Trinajstić information content (AvgIpc) is 2.86. The standard InChI is InChI=1S/C13H19NO4/c15-8-9-4-3-7-14(9)12(16)10-5-1-2-6-11(10)13(17)18/h1-2,9-11,15H,3-8H2,(H,17,18)/t9-,10-,11+/m1/s1. The zero-order chi connectivity index (χ0) is 13.1. The van der Waals surface area contributed by atoms with Gasteiger partial charge in [0.15, 0.2) is 0 Å². The fourth-order valence-electron chi connectivity index (χ4n) is 2.89. The highest BCUT2D eigenvalue weighted by Gasteiger charge is 2.39. The van der Waals surface area contributed by atoms with Crippen molar-refractivity contribution in [2.45, 2.75) is 31.7 Å². The summed E-state index contributed by atoms with van der Waals surface area (Å²) in [4.78, 5) is 25.2. The number of amides is 1. The van der Waals surface area contributed by atoms with Crippen LogP contribution in [0, 0.1) is 11.8 Å². The normalized spacial score (nSPS) is 31.6. The summed E-state index contributed by atoms with van der Waals surface area (Å²) in [5.41, 5.74) is 0. The molecule has 0 aromatic carbocycles. The molecule has 5 nitrogen and oxygen atoms in total. The van der Waals surface area contributed by atoms with Gasteiger partial charge in [-0.25, -0.2) is 0 Å². The predicted octanol–water partition coefficient (Wildman–Crippen LogP) is 0.637. The quantitative estimate of drug-likeness (QED) is 0.723. The lowest BCUT2D eigenvalue weighted by molar-refractivity contribution is -0.151. The minimum atomic E-state index is -0.905. The Hall–Kier alpha value is -1.36. The number of carbonyl (C=O) groups excluding carboxylic acids is 1. The molecule has 1 aliphatic heterocycles. The van der Waals surface area contributed by atoms with Crippen LogP contribution in [0.5, 0.6) is 0 Å². The number of aliphatic hydroxyl groups excluding tert-OH is 1. The molecule has 0 saturated carbocycles. The molecule has 1 saturated heterocycles. The number of nitrogens with zero attached hydrogens (tertiary/aromatic N) is 1. The molecule has 0 aromatic rings. The lowest BCUT2D eigenvalue weighted by atomic mass is 9.82. The summed E-state index contributed by atoms with van der Waals surface area (Å²) in [6, 6.07) is -0.127. The van der Waals surface area contributed by atoms with Crippen molar-refractivity contribution >= 4 is 11.9 Å². The molecule has 0 bridgehead atoms. The van der Waals surface area contributed by atoms with Gasteiger partial charge in [-0.1, -0.05) is 12.2 Å². The Morgan fingerprint density at radius 2 is 1.89 bits per heavy atom. The lowest BCUT2D eigenvalue weighted by Crippen LogP contribution is -2.45. The molecule has 5 heteroatoms. The first-order valence-corrected chi connectivity index (χ1v) is 6.44. The van der Waals surface area contributed by atoms with Crippen LogP contribution in [0.25, 0.3) is 0 Å². The fraction of sp³-hybridized carbons (Fsp3) is 0.692. The van der Waals surface area contributed by atoms with E-state index in [0.29, 0.717) is 19.4 Å². The Bertz CT molecular complexity index is 366. The molecule has 0 unspecified atom stereocenters. The SMILES string of the molecule is O=C(O)[C@H]1CC=CC[C@H]1C(=O)N1CCC[C@@H]1CO. The van der Waals surface area contributed by atoms with Gasteiger partial charge in [0.05, 0.1) is 24.5 Å². The Balaban J connectivity index is 2.11. The third-order valence-corrected chi connectivity index (χ3v) is 3.94. The number of aliphatic carboxylic acids is 1. The van der Waals surface area contributed by atoms with Crippen LogP contribution in [0.2, 0.25) is 0 Å². The topological polar surface area (TPSA) is 77.8 Å². The number of hydrogen-bond acceptors (Lipinski definition) is 3. The molecular weight excluding hydrogens is 234 g/mol. The summed E-state index contributed by atoms with van der Waals surface area (Å²) >= 11 is 0. The highest BCUT2D eigenvalue weighted by molar-refractivity contribution is 5.85. The number of allylic oxidation sites excluding steroid dienone is 2. The third kappa shape index (κ3) is 2.41. The van der Waals surface area contributed by atoms with Crippen LogP contribution in [0.15, 0.2) is 12.2 Å². The molecule has 2 aliphatic rings. The van der Waals surface area contributed by atoms with Gasteiger partial charge in [-0.15, -0.1) is 0 Å². The fourth-order valence-corrected chi connectivity index (χ4v) is 2.89. The van der Waals surface area contributed by atoms with E-state index in [2.05, 4.69) is 0 Å². The first-order chi connectivity index (χ1) is 8.65. The number of carbonyl (C=O) groups is 2. The smallest absolute Gasteiger partial charge is 0.307 e. The Morgan fingerprint density at radius 1 is 1.22 bits per heavy atom.